The summed E-state index contributed by atoms with van der Waals surface area (Å²) in [6, 6.07) is 3.98. The molecule has 1 aliphatic heterocycles. The summed E-state index contributed by atoms with van der Waals surface area (Å²) in [4.78, 5) is 9.25. The van der Waals surface area contributed by atoms with Gasteiger partial charge in [0.05, 0.1) is 0 Å². The van der Waals surface area contributed by atoms with E-state index in [1.54, 1.807) is 0 Å². The Bertz CT molecular complexity index is 556. The molecule has 0 bridgehead atoms. The fourth-order valence-electron chi connectivity index (χ4n) is 2.72. The van der Waals surface area contributed by atoms with Crippen LogP contribution in [-0.4, -0.2) is 21.1 Å². The highest BCUT2D eigenvalue weighted by molar-refractivity contribution is 5.71. The van der Waals surface area contributed by atoms with Gasteiger partial charge in [0.2, 0.25) is 0 Å². The third-order valence-corrected chi connectivity index (χ3v) is 3.56. The molecule has 2 aromatic rings. The number of hydrogen-bond donors (Lipinski definition) is 0. The van der Waals surface area contributed by atoms with Crippen molar-refractivity contribution in [2.24, 2.45) is 5.92 Å². The Hall–Kier alpha value is -1.42. The molecule has 2 aromatic heterocycles. The number of aromatic nitrogens is 3. The largest absolute Gasteiger partial charge is 0.358 e. The first-order chi connectivity index (χ1) is 9.25. The zero-order valence-corrected chi connectivity index (χ0v) is 11.7. The number of nitrogens with zero attached hydrogens (tertiary/aromatic N) is 3. The Morgan fingerprint density at radius 2 is 2.32 bits per heavy atom. The average molecular weight is 259 g/mol. The zero-order valence-electron chi connectivity index (χ0n) is 11.7. The molecule has 4 nitrogen and oxygen atoms in total. The monoisotopic (exact) mass is 259 g/mol. The van der Waals surface area contributed by atoms with Gasteiger partial charge in [-0.05, 0) is 37.3 Å². The first kappa shape index (κ1) is 12.6. The maximum Gasteiger partial charge on any atom is 0.162 e. The Labute approximate surface area is 113 Å². The number of pyridine rings is 1. The minimum atomic E-state index is 0.113. The van der Waals surface area contributed by atoms with E-state index < -0.39 is 0 Å². The molecule has 1 fully saturated rings. The summed E-state index contributed by atoms with van der Waals surface area (Å²) >= 11 is 0. The molecule has 0 spiro atoms. The number of hydrogen-bond acceptors (Lipinski definition) is 3. The molecule has 0 amide bonds. The van der Waals surface area contributed by atoms with E-state index in [9.17, 15) is 0 Å². The second kappa shape index (κ2) is 5.29. The van der Waals surface area contributed by atoms with Gasteiger partial charge in [0.15, 0.2) is 5.65 Å². The molecule has 19 heavy (non-hydrogen) atoms. The molecule has 0 aromatic carbocycles. The first-order valence-electron chi connectivity index (χ1n) is 7.19. The van der Waals surface area contributed by atoms with Crippen molar-refractivity contribution >= 4 is 11.2 Å². The fourth-order valence-corrected chi connectivity index (χ4v) is 2.72. The summed E-state index contributed by atoms with van der Waals surface area (Å²) in [5.41, 5.74) is 1.94. The summed E-state index contributed by atoms with van der Waals surface area (Å²) < 4.78 is 8.15. The Balaban J connectivity index is 2.06. The van der Waals surface area contributed by atoms with Crippen molar-refractivity contribution in [1.82, 2.24) is 14.5 Å². The van der Waals surface area contributed by atoms with E-state index in [4.69, 9.17) is 9.72 Å². The van der Waals surface area contributed by atoms with Gasteiger partial charge in [0.1, 0.15) is 17.6 Å². The van der Waals surface area contributed by atoms with Crippen molar-refractivity contribution in [2.75, 3.05) is 6.61 Å². The second-order valence-electron chi connectivity index (χ2n) is 5.66. The normalized spacial score (nSPS) is 20.3. The van der Waals surface area contributed by atoms with Crippen LogP contribution >= 0.6 is 0 Å². The average Bonchev–Trinajstić information content (AvgIpc) is 2.76. The SMILES string of the molecule is CC(C)Cc1nc2cccnc2n1C1CCCCO1. The Morgan fingerprint density at radius 3 is 3.05 bits per heavy atom. The molecule has 1 saturated heterocycles. The Morgan fingerprint density at radius 1 is 1.42 bits per heavy atom. The molecule has 0 aliphatic carbocycles. The van der Waals surface area contributed by atoms with Crippen molar-refractivity contribution in [3.05, 3.63) is 24.2 Å². The van der Waals surface area contributed by atoms with Gasteiger partial charge >= 0.3 is 0 Å². The smallest absolute Gasteiger partial charge is 0.162 e. The van der Waals surface area contributed by atoms with Crippen molar-refractivity contribution < 1.29 is 4.74 Å². The third kappa shape index (κ3) is 2.50. The molecular weight excluding hydrogens is 238 g/mol. The zero-order chi connectivity index (χ0) is 13.2. The van der Waals surface area contributed by atoms with Crippen LogP contribution in [0.25, 0.3) is 11.2 Å². The highest BCUT2D eigenvalue weighted by Gasteiger charge is 2.22. The molecule has 3 rings (SSSR count). The lowest BCUT2D eigenvalue weighted by Gasteiger charge is -2.25. The number of ether oxygens (including phenoxy) is 1. The van der Waals surface area contributed by atoms with Crippen LogP contribution in [-0.2, 0) is 11.2 Å². The minimum Gasteiger partial charge on any atom is -0.358 e. The second-order valence-corrected chi connectivity index (χ2v) is 5.66. The maximum atomic E-state index is 5.94. The van der Waals surface area contributed by atoms with Crippen molar-refractivity contribution in [3.8, 4) is 0 Å². The van der Waals surface area contributed by atoms with Gasteiger partial charge in [-0.15, -0.1) is 0 Å². The van der Waals surface area contributed by atoms with Gasteiger partial charge in [-0.1, -0.05) is 13.8 Å². The number of imidazole rings is 1. The molecule has 1 unspecified atom stereocenters. The van der Waals surface area contributed by atoms with Gasteiger partial charge in [0, 0.05) is 19.2 Å². The van der Waals surface area contributed by atoms with Crippen LogP contribution in [0.4, 0.5) is 0 Å². The van der Waals surface area contributed by atoms with Crippen LogP contribution in [0.15, 0.2) is 18.3 Å². The van der Waals surface area contributed by atoms with Crippen LogP contribution in [0.5, 0.6) is 0 Å². The van der Waals surface area contributed by atoms with Crippen LogP contribution < -0.4 is 0 Å². The maximum absolute atomic E-state index is 5.94. The molecule has 0 N–H and O–H groups in total. The number of fused-ring (bicyclic) bond motifs is 1. The van der Waals surface area contributed by atoms with E-state index in [1.165, 1.54) is 6.42 Å². The van der Waals surface area contributed by atoms with Crippen LogP contribution in [0.2, 0.25) is 0 Å². The molecule has 4 heteroatoms. The molecule has 0 saturated carbocycles. The lowest BCUT2D eigenvalue weighted by atomic mass is 10.1. The van der Waals surface area contributed by atoms with Crippen LogP contribution in [0, 0.1) is 5.92 Å². The number of rotatable bonds is 3. The highest BCUT2D eigenvalue weighted by atomic mass is 16.5. The first-order valence-corrected chi connectivity index (χ1v) is 7.19. The van der Waals surface area contributed by atoms with Crippen molar-refractivity contribution in [1.29, 1.82) is 0 Å². The molecule has 0 radical (unpaired) electrons. The summed E-state index contributed by atoms with van der Waals surface area (Å²) in [7, 11) is 0. The van der Waals surface area contributed by atoms with E-state index in [0.29, 0.717) is 5.92 Å². The van der Waals surface area contributed by atoms with E-state index in [2.05, 4.69) is 23.4 Å². The van der Waals surface area contributed by atoms with E-state index in [-0.39, 0.29) is 6.23 Å². The predicted octanol–water partition coefficient (Wildman–Crippen LogP) is 3.33. The topological polar surface area (TPSA) is 39.9 Å². The van der Waals surface area contributed by atoms with Crippen molar-refractivity contribution in [3.63, 3.8) is 0 Å². The summed E-state index contributed by atoms with van der Waals surface area (Å²) in [5.74, 6) is 1.69. The standard InChI is InChI=1S/C15H21N3O/c1-11(2)10-13-17-12-6-5-8-16-15(12)18(13)14-7-3-4-9-19-14/h5-6,8,11,14H,3-4,7,9-10H2,1-2H3. The molecular formula is C15H21N3O. The quantitative estimate of drug-likeness (QED) is 0.848. The predicted molar refractivity (Wildman–Crippen MR) is 74.9 cm³/mol. The Kier molecular flexibility index (Phi) is 3.51. The molecule has 1 aliphatic rings. The van der Waals surface area contributed by atoms with Crippen molar-refractivity contribution in [2.45, 2.75) is 45.8 Å². The van der Waals surface area contributed by atoms with Gasteiger partial charge < -0.3 is 4.74 Å². The van der Waals surface area contributed by atoms with E-state index in [1.807, 2.05) is 18.3 Å². The fraction of sp³-hybridized carbons (Fsp3) is 0.600. The van der Waals surface area contributed by atoms with E-state index in [0.717, 1.165) is 42.9 Å². The van der Waals surface area contributed by atoms with Gasteiger partial charge in [-0.3, -0.25) is 4.57 Å². The molecule has 3 heterocycles. The minimum absolute atomic E-state index is 0.113. The summed E-state index contributed by atoms with van der Waals surface area (Å²) in [6.45, 7) is 5.29. The van der Waals surface area contributed by atoms with Crippen LogP contribution in [0.3, 0.4) is 0 Å². The summed E-state index contributed by atoms with van der Waals surface area (Å²) in [5, 5.41) is 0. The van der Waals surface area contributed by atoms with Gasteiger partial charge in [-0.2, -0.15) is 0 Å². The lowest BCUT2D eigenvalue weighted by Crippen LogP contribution is -2.21. The lowest BCUT2D eigenvalue weighted by molar-refractivity contribution is -0.0315. The molecule has 102 valence electrons. The molecule has 1 atom stereocenters. The van der Waals surface area contributed by atoms with Gasteiger partial charge in [0.25, 0.3) is 0 Å². The highest BCUT2D eigenvalue weighted by Crippen LogP contribution is 2.28. The van der Waals surface area contributed by atoms with E-state index >= 15 is 0 Å². The summed E-state index contributed by atoms with van der Waals surface area (Å²) in [6.07, 6.45) is 6.36. The third-order valence-electron chi connectivity index (χ3n) is 3.56. The van der Waals surface area contributed by atoms with Crippen LogP contribution in [0.1, 0.15) is 45.2 Å². The van der Waals surface area contributed by atoms with Gasteiger partial charge in [-0.25, -0.2) is 9.97 Å².